The standard InChI is InChI=1S/C14H18ClN3O2/c1-17-5-10-6-18(11(7-17)9-20-8-10)14(19)12-2-3-16-4-13(12)15/h2-4,10-11H,5-9H2,1H3/t10-,11-/m0/s1. The molecule has 1 aromatic rings. The number of halogens is 1. The van der Waals surface area contributed by atoms with Crippen molar-refractivity contribution in [2.24, 2.45) is 5.92 Å². The van der Waals surface area contributed by atoms with Crippen molar-refractivity contribution in [1.82, 2.24) is 14.8 Å². The number of hydrogen-bond donors (Lipinski definition) is 0. The predicted molar refractivity (Wildman–Crippen MR) is 75.9 cm³/mol. The van der Waals surface area contributed by atoms with Crippen LogP contribution in [0.5, 0.6) is 0 Å². The van der Waals surface area contributed by atoms with Gasteiger partial charge in [-0.1, -0.05) is 11.6 Å². The molecule has 108 valence electrons. The summed E-state index contributed by atoms with van der Waals surface area (Å²) in [5.74, 6) is 0.338. The van der Waals surface area contributed by atoms with Gasteiger partial charge in [-0.25, -0.2) is 0 Å². The third-order valence-corrected chi connectivity index (χ3v) is 4.22. The Morgan fingerprint density at radius 2 is 2.25 bits per heavy atom. The second kappa shape index (κ2) is 5.68. The summed E-state index contributed by atoms with van der Waals surface area (Å²) in [4.78, 5) is 20.9. The van der Waals surface area contributed by atoms with Gasteiger partial charge < -0.3 is 14.5 Å². The number of fused-ring (bicyclic) bond motifs is 3. The van der Waals surface area contributed by atoms with Gasteiger partial charge in [0.25, 0.3) is 5.91 Å². The Kier molecular flexibility index (Phi) is 3.92. The lowest BCUT2D eigenvalue weighted by atomic mass is 10.1. The topological polar surface area (TPSA) is 45.7 Å². The molecule has 0 radical (unpaired) electrons. The molecule has 0 spiro atoms. The molecule has 1 amide bonds. The highest BCUT2D eigenvalue weighted by atomic mass is 35.5. The maximum absolute atomic E-state index is 12.8. The molecule has 1 aromatic heterocycles. The zero-order valence-corrected chi connectivity index (χ0v) is 12.2. The first kappa shape index (κ1) is 13.8. The van der Waals surface area contributed by atoms with Gasteiger partial charge in [-0.3, -0.25) is 9.78 Å². The van der Waals surface area contributed by atoms with E-state index in [-0.39, 0.29) is 11.9 Å². The van der Waals surface area contributed by atoms with E-state index in [0.717, 1.165) is 19.6 Å². The van der Waals surface area contributed by atoms with Gasteiger partial charge in [0.1, 0.15) is 0 Å². The summed E-state index contributed by atoms with van der Waals surface area (Å²) < 4.78 is 5.69. The van der Waals surface area contributed by atoms with E-state index in [1.807, 2.05) is 4.90 Å². The Morgan fingerprint density at radius 1 is 1.40 bits per heavy atom. The minimum Gasteiger partial charge on any atom is -0.379 e. The molecule has 0 aromatic carbocycles. The van der Waals surface area contributed by atoms with E-state index in [9.17, 15) is 4.79 Å². The molecular weight excluding hydrogens is 278 g/mol. The molecule has 0 unspecified atom stereocenters. The van der Waals surface area contributed by atoms with Crippen LogP contribution in [0.3, 0.4) is 0 Å². The average molecular weight is 296 g/mol. The lowest BCUT2D eigenvalue weighted by Gasteiger charge is -2.30. The molecule has 5 nitrogen and oxygen atoms in total. The monoisotopic (exact) mass is 295 g/mol. The first-order valence-corrected chi connectivity index (χ1v) is 7.19. The predicted octanol–water partition coefficient (Wildman–Crippen LogP) is 1.14. The van der Waals surface area contributed by atoms with Crippen molar-refractivity contribution >= 4 is 17.5 Å². The highest BCUT2D eigenvalue weighted by molar-refractivity contribution is 6.33. The molecule has 0 saturated carbocycles. The molecule has 2 fully saturated rings. The van der Waals surface area contributed by atoms with E-state index in [0.29, 0.717) is 29.7 Å². The lowest BCUT2D eigenvalue weighted by molar-refractivity contribution is 0.0483. The van der Waals surface area contributed by atoms with Gasteiger partial charge in [-0.05, 0) is 13.1 Å². The van der Waals surface area contributed by atoms with E-state index in [2.05, 4.69) is 16.9 Å². The van der Waals surface area contributed by atoms with Gasteiger partial charge in [0.2, 0.25) is 0 Å². The summed E-state index contributed by atoms with van der Waals surface area (Å²) >= 11 is 6.10. The third-order valence-electron chi connectivity index (χ3n) is 3.92. The molecule has 3 rings (SSSR count). The fourth-order valence-electron chi connectivity index (χ4n) is 3.03. The van der Waals surface area contributed by atoms with E-state index in [1.165, 1.54) is 6.20 Å². The van der Waals surface area contributed by atoms with Crippen LogP contribution in [0.2, 0.25) is 5.02 Å². The number of hydrogen-bond acceptors (Lipinski definition) is 4. The van der Waals surface area contributed by atoms with Crippen LogP contribution in [0.25, 0.3) is 0 Å². The van der Waals surface area contributed by atoms with Gasteiger partial charge in [0, 0.05) is 37.9 Å². The Labute approximate surface area is 123 Å². The van der Waals surface area contributed by atoms with Crippen LogP contribution in [-0.2, 0) is 4.74 Å². The van der Waals surface area contributed by atoms with Crippen LogP contribution in [0.15, 0.2) is 18.5 Å². The van der Waals surface area contributed by atoms with E-state index >= 15 is 0 Å². The highest BCUT2D eigenvalue weighted by Gasteiger charge is 2.35. The number of pyridine rings is 1. The Balaban J connectivity index is 1.89. The number of carbonyl (C=O) groups is 1. The summed E-state index contributed by atoms with van der Waals surface area (Å²) in [5.41, 5.74) is 0.525. The normalized spacial score (nSPS) is 27.2. The molecular formula is C14H18ClN3O2. The Hall–Kier alpha value is -1.17. The van der Waals surface area contributed by atoms with Gasteiger partial charge in [0.05, 0.1) is 29.8 Å². The minimum atomic E-state index is -0.0202. The lowest BCUT2D eigenvalue weighted by Crippen LogP contribution is -2.46. The second-order valence-corrected chi connectivity index (χ2v) is 6.00. The quantitative estimate of drug-likeness (QED) is 0.779. The average Bonchev–Trinajstić information content (AvgIpc) is 2.68. The van der Waals surface area contributed by atoms with Crippen molar-refractivity contribution in [2.75, 3.05) is 39.9 Å². The second-order valence-electron chi connectivity index (χ2n) is 5.59. The van der Waals surface area contributed by atoms with E-state index in [4.69, 9.17) is 16.3 Å². The summed E-state index contributed by atoms with van der Waals surface area (Å²) in [7, 11) is 2.10. The fourth-order valence-corrected chi connectivity index (χ4v) is 3.23. The molecule has 2 saturated heterocycles. The first-order chi connectivity index (χ1) is 9.65. The molecule has 2 aliphatic heterocycles. The van der Waals surface area contributed by atoms with Crippen LogP contribution in [0.4, 0.5) is 0 Å². The number of aromatic nitrogens is 1. The van der Waals surface area contributed by atoms with Crippen molar-refractivity contribution in [3.8, 4) is 0 Å². The smallest absolute Gasteiger partial charge is 0.255 e. The number of ether oxygens (including phenoxy) is 1. The number of likely N-dealkylation sites (N-methyl/N-ethyl adjacent to an activating group) is 1. The zero-order chi connectivity index (χ0) is 14.1. The van der Waals surface area contributed by atoms with Crippen LogP contribution in [-0.4, -0.2) is 66.6 Å². The van der Waals surface area contributed by atoms with E-state index in [1.54, 1.807) is 12.3 Å². The maximum Gasteiger partial charge on any atom is 0.255 e. The highest BCUT2D eigenvalue weighted by Crippen LogP contribution is 2.23. The van der Waals surface area contributed by atoms with Crippen LogP contribution < -0.4 is 0 Å². The molecule has 6 heteroatoms. The SMILES string of the molecule is CN1C[C@@H]2COC[C@H](C1)N(C(=O)c1ccncc1Cl)C2. The molecule has 2 atom stereocenters. The van der Waals surface area contributed by atoms with Gasteiger partial charge in [0.15, 0.2) is 0 Å². The zero-order valence-electron chi connectivity index (χ0n) is 11.5. The van der Waals surface area contributed by atoms with Crippen molar-refractivity contribution in [2.45, 2.75) is 6.04 Å². The maximum atomic E-state index is 12.8. The van der Waals surface area contributed by atoms with Crippen molar-refractivity contribution in [3.05, 3.63) is 29.0 Å². The van der Waals surface area contributed by atoms with Crippen LogP contribution in [0.1, 0.15) is 10.4 Å². The fraction of sp³-hybridized carbons (Fsp3) is 0.571. The molecule has 20 heavy (non-hydrogen) atoms. The molecule has 3 heterocycles. The van der Waals surface area contributed by atoms with E-state index < -0.39 is 0 Å². The third kappa shape index (κ3) is 2.66. The summed E-state index contributed by atoms with van der Waals surface area (Å²) in [5, 5.41) is 0.408. The van der Waals surface area contributed by atoms with Gasteiger partial charge in [-0.15, -0.1) is 0 Å². The molecule has 0 aliphatic carbocycles. The number of amides is 1. The van der Waals surface area contributed by atoms with Crippen LogP contribution in [0, 0.1) is 5.92 Å². The minimum absolute atomic E-state index is 0.0202. The van der Waals surface area contributed by atoms with Crippen molar-refractivity contribution in [3.63, 3.8) is 0 Å². The summed E-state index contributed by atoms with van der Waals surface area (Å²) in [6.07, 6.45) is 3.12. The summed E-state index contributed by atoms with van der Waals surface area (Å²) in [6.45, 7) is 3.84. The largest absolute Gasteiger partial charge is 0.379 e. The van der Waals surface area contributed by atoms with Crippen LogP contribution >= 0.6 is 11.6 Å². The van der Waals surface area contributed by atoms with Crippen molar-refractivity contribution < 1.29 is 9.53 Å². The molecule has 0 N–H and O–H groups in total. The Morgan fingerprint density at radius 3 is 3.05 bits per heavy atom. The number of carbonyl (C=O) groups excluding carboxylic acids is 1. The van der Waals surface area contributed by atoms with Gasteiger partial charge >= 0.3 is 0 Å². The molecule has 2 aliphatic rings. The summed E-state index contributed by atoms with van der Waals surface area (Å²) in [6, 6.07) is 1.77. The van der Waals surface area contributed by atoms with Crippen molar-refractivity contribution in [1.29, 1.82) is 0 Å². The molecule has 2 bridgehead atoms. The Bertz CT molecular complexity index is 511. The number of nitrogens with zero attached hydrogens (tertiary/aromatic N) is 3. The first-order valence-electron chi connectivity index (χ1n) is 6.82. The van der Waals surface area contributed by atoms with Gasteiger partial charge in [-0.2, -0.15) is 0 Å². The number of rotatable bonds is 1.